The molecular formula is C15H21NO4. The molecule has 0 aliphatic heterocycles. The van der Waals surface area contributed by atoms with Gasteiger partial charge in [-0.25, -0.2) is 4.79 Å². The van der Waals surface area contributed by atoms with Gasteiger partial charge in [-0.05, 0) is 30.8 Å². The summed E-state index contributed by atoms with van der Waals surface area (Å²) < 4.78 is 10.4. The summed E-state index contributed by atoms with van der Waals surface area (Å²) in [7, 11) is 5.30. The number of carboxylic acids is 1. The lowest BCUT2D eigenvalue weighted by Gasteiger charge is -2.18. The second-order valence-electron chi connectivity index (χ2n) is 4.47. The highest BCUT2D eigenvalue weighted by molar-refractivity contribution is 5.85. The first-order valence-corrected chi connectivity index (χ1v) is 6.32. The molecule has 1 aromatic carbocycles. The Hall–Kier alpha value is -1.85. The number of carboxylic acid groups (broad SMARTS) is 1. The molecule has 0 aliphatic rings. The SMILES string of the molecule is COCCN(C)Cc1cc(C=CC(=O)O)ccc1OC. The predicted octanol–water partition coefficient (Wildman–Crippen LogP) is 1.87. The molecule has 5 nitrogen and oxygen atoms in total. The van der Waals surface area contributed by atoms with E-state index in [-0.39, 0.29) is 0 Å². The van der Waals surface area contributed by atoms with Crippen LogP contribution in [0.4, 0.5) is 0 Å². The highest BCUT2D eigenvalue weighted by Gasteiger charge is 2.07. The summed E-state index contributed by atoms with van der Waals surface area (Å²) in [6, 6.07) is 5.61. The standard InChI is InChI=1S/C15H21NO4/c1-16(8-9-19-2)11-13-10-12(5-7-15(17)18)4-6-14(13)20-3/h4-7,10H,8-9,11H2,1-3H3,(H,17,18). The van der Waals surface area contributed by atoms with Crippen molar-refractivity contribution in [2.24, 2.45) is 0 Å². The van der Waals surface area contributed by atoms with Crippen molar-refractivity contribution in [3.05, 3.63) is 35.4 Å². The van der Waals surface area contributed by atoms with E-state index < -0.39 is 5.97 Å². The zero-order valence-electron chi connectivity index (χ0n) is 12.1. The molecular weight excluding hydrogens is 258 g/mol. The topological polar surface area (TPSA) is 59.0 Å². The van der Waals surface area contributed by atoms with E-state index in [2.05, 4.69) is 4.90 Å². The summed E-state index contributed by atoms with van der Waals surface area (Å²) >= 11 is 0. The molecule has 0 amide bonds. The molecule has 0 aromatic heterocycles. The Balaban J connectivity index is 2.85. The maximum Gasteiger partial charge on any atom is 0.328 e. The Morgan fingerprint density at radius 2 is 2.15 bits per heavy atom. The molecule has 0 radical (unpaired) electrons. The number of hydrogen-bond acceptors (Lipinski definition) is 4. The van der Waals surface area contributed by atoms with Gasteiger partial charge < -0.3 is 14.6 Å². The summed E-state index contributed by atoms with van der Waals surface area (Å²) in [6.07, 6.45) is 2.70. The minimum absolute atomic E-state index is 0.664. The first kappa shape index (κ1) is 16.2. The van der Waals surface area contributed by atoms with Crippen LogP contribution in [0.25, 0.3) is 6.08 Å². The summed E-state index contributed by atoms with van der Waals surface area (Å²) in [5.41, 5.74) is 1.85. The third-order valence-electron chi connectivity index (χ3n) is 2.84. The summed E-state index contributed by atoms with van der Waals surface area (Å²) in [5.74, 6) is -0.165. The van der Waals surface area contributed by atoms with Crippen LogP contribution in [0.5, 0.6) is 5.75 Å². The monoisotopic (exact) mass is 279 g/mol. The van der Waals surface area contributed by atoms with Crippen LogP contribution < -0.4 is 4.74 Å². The van der Waals surface area contributed by atoms with E-state index in [1.807, 2.05) is 25.2 Å². The number of likely N-dealkylation sites (N-methyl/N-ethyl adjacent to an activating group) is 1. The van der Waals surface area contributed by atoms with Crippen LogP contribution in [0.2, 0.25) is 0 Å². The Kier molecular flexibility index (Phi) is 6.76. The van der Waals surface area contributed by atoms with Gasteiger partial charge in [-0.2, -0.15) is 0 Å². The molecule has 0 atom stereocenters. The summed E-state index contributed by atoms with van der Waals surface area (Å²) in [5, 5.41) is 8.65. The molecule has 1 aromatic rings. The molecule has 0 unspecified atom stereocenters. The van der Waals surface area contributed by atoms with E-state index in [0.29, 0.717) is 13.2 Å². The van der Waals surface area contributed by atoms with Gasteiger partial charge in [0, 0.05) is 31.8 Å². The van der Waals surface area contributed by atoms with Crippen LogP contribution in [0, 0.1) is 0 Å². The number of benzene rings is 1. The van der Waals surface area contributed by atoms with Gasteiger partial charge in [0.05, 0.1) is 13.7 Å². The molecule has 0 bridgehead atoms. The van der Waals surface area contributed by atoms with E-state index in [0.717, 1.165) is 29.5 Å². The molecule has 1 rings (SSSR count). The van der Waals surface area contributed by atoms with Gasteiger partial charge in [-0.3, -0.25) is 4.90 Å². The van der Waals surface area contributed by atoms with Crippen molar-refractivity contribution < 1.29 is 19.4 Å². The number of rotatable bonds is 8. The average Bonchev–Trinajstić information content (AvgIpc) is 2.43. The second-order valence-corrected chi connectivity index (χ2v) is 4.47. The third-order valence-corrected chi connectivity index (χ3v) is 2.84. The van der Waals surface area contributed by atoms with Crippen LogP contribution in [0.3, 0.4) is 0 Å². The number of nitrogens with zero attached hydrogens (tertiary/aromatic N) is 1. The molecule has 0 aliphatic carbocycles. The number of carbonyl (C=O) groups is 1. The van der Waals surface area contributed by atoms with Gasteiger partial charge in [0.2, 0.25) is 0 Å². The molecule has 0 saturated heterocycles. The Bertz CT molecular complexity index is 471. The van der Waals surface area contributed by atoms with Crippen molar-refractivity contribution in [2.75, 3.05) is 34.4 Å². The summed E-state index contributed by atoms with van der Waals surface area (Å²) in [4.78, 5) is 12.7. The molecule has 5 heteroatoms. The smallest absolute Gasteiger partial charge is 0.328 e. The van der Waals surface area contributed by atoms with Gasteiger partial charge in [0.1, 0.15) is 5.75 Å². The number of hydrogen-bond donors (Lipinski definition) is 1. The average molecular weight is 279 g/mol. The molecule has 0 spiro atoms. The first-order valence-electron chi connectivity index (χ1n) is 6.32. The maximum absolute atomic E-state index is 10.5. The quantitative estimate of drug-likeness (QED) is 0.736. The van der Waals surface area contributed by atoms with Crippen LogP contribution in [-0.4, -0.2) is 50.4 Å². The molecule has 20 heavy (non-hydrogen) atoms. The van der Waals surface area contributed by atoms with Crippen molar-refractivity contribution in [1.29, 1.82) is 0 Å². The predicted molar refractivity (Wildman–Crippen MR) is 77.9 cm³/mol. The van der Waals surface area contributed by atoms with Crippen LogP contribution in [-0.2, 0) is 16.1 Å². The zero-order chi connectivity index (χ0) is 15.0. The zero-order valence-corrected chi connectivity index (χ0v) is 12.1. The lowest BCUT2D eigenvalue weighted by Crippen LogP contribution is -2.22. The fourth-order valence-corrected chi connectivity index (χ4v) is 1.81. The van der Waals surface area contributed by atoms with Crippen LogP contribution in [0.15, 0.2) is 24.3 Å². The molecule has 110 valence electrons. The largest absolute Gasteiger partial charge is 0.496 e. The fraction of sp³-hybridized carbons (Fsp3) is 0.400. The van der Waals surface area contributed by atoms with Gasteiger partial charge in [-0.15, -0.1) is 0 Å². The minimum Gasteiger partial charge on any atom is -0.496 e. The van der Waals surface area contributed by atoms with E-state index in [1.165, 1.54) is 0 Å². The van der Waals surface area contributed by atoms with Gasteiger partial charge in [0.25, 0.3) is 0 Å². The number of ether oxygens (including phenoxy) is 2. The molecule has 0 saturated carbocycles. The van der Waals surface area contributed by atoms with Crippen LogP contribution >= 0.6 is 0 Å². The highest BCUT2D eigenvalue weighted by atomic mass is 16.5. The van der Waals surface area contributed by atoms with E-state index in [9.17, 15) is 4.79 Å². The summed E-state index contributed by atoms with van der Waals surface area (Å²) in [6.45, 7) is 2.19. The Morgan fingerprint density at radius 3 is 2.75 bits per heavy atom. The minimum atomic E-state index is -0.959. The van der Waals surface area contributed by atoms with E-state index >= 15 is 0 Å². The number of aliphatic carboxylic acids is 1. The van der Waals surface area contributed by atoms with Crippen molar-refractivity contribution in [3.63, 3.8) is 0 Å². The Morgan fingerprint density at radius 1 is 1.40 bits per heavy atom. The van der Waals surface area contributed by atoms with Gasteiger partial charge in [0.15, 0.2) is 0 Å². The number of methoxy groups -OCH3 is 2. The molecule has 0 fully saturated rings. The second kappa shape index (κ2) is 8.35. The Labute approximate surface area is 119 Å². The lowest BCUT2D eigenvalue weighted by molar-refractivity contribution is -0.131. The normalized spacial score (nSPS) is 11.2. The van der Waals surface area contributed by atoms with Crippen molar-refractivity contribution in [2.45, 2.75) is 6.54 Å². The van der Waals surface area contributed by atoms with Crippen LogP contribution in [0.1, 0.15) is 11.1 Å². The van der Waals surface area contributed by atoms with E-state index in [1.54, 1.807) is 20.3 Å². The lowest BCUT2D eigenvalue weighted by atomic mass is 10.1. The van der Waals surface area contributed by atoms with Gasteiger partial charge in [-0.1, -0.05) is 6.07 Å². The van der Waals surface area contributed by atoms with Crippen molar-refractivity contribution in [1.82, 2.24) is 4.90 Å². The maximum atomic E-state index is 10.5. The highest BCUT2D eigenvalue weighted by Crippen LogP contribution is 2.22. The molecule has 0 heterocycles. The fourth-order valence-electron chi connectivity index (χ4n) is 1.81. The third kappa shape index (κ3) is 5.42. The molecule has 1 N–H and O–H groups in total. The van der Waals surface area contributed by atoms with Crippen molar-refractivity contribution >= 4 is 12.0 Å². The van der Waals surface area contributed by atoms with E-state index in [4.69, 9.17) is 14.6 Å². The van der Waals surface area contributed by atoms with Gasteiger partial charge >= 0.3 is 5.97 Å². The first-order chi connectivity index (χ1) is 9.56. The van der Waals surface area contributed by atoms with Crippen molar-refractivity contribution in [3.8, 4) is 5.75 Å².